The highest BCUT2D eigenvalue weighted by molar-refractivity contribution is 5.98. The van der Waals surface area contributed by atoms with Crippen molar-refractivity contribution >= 4 is 17.6 Å². The Morgan fingerprint density at radius 2 is 1.71 bits per heavy atom. The van der Waals surface area contributed by atoms with Crippen LogP contribution in [0, 0.1) is 4.91 Å². The fourth-order valence-electron chi connectivity index (χ4n) is 1.79. The lowest BCUT2D eigenvalue weighted by molar-refractivity contribution is 0.0696. The number of aromatic carboxylic acids is 1. The number of carboxylic acids is 1. The van der Waals surface area contributed by atoms with Gasteiger partial charge < -0.3 is 10.4 Å². The topological polar surface area (TPSA) is 95.8 Å². The van der Waals surface area contributed by atoms with Crippen molar-refractivity contribution in [3.63, 3.8) is 0 Å². The van der Waals surface area contributed by atoms with Gasteiger partial charge in [-0.25, -0.2) is 4.79 Å². The maximum atomic E-state index is 12.0. The van der Waals surface area contributed by atoms with Gasteiger partial charge in [-0.05, 0) is 35.0 Å². The molecule has 6 heteroatoms. The molecule has 6 nitrogen and oxygen atoms in total. The number of rotatable bonds is 5. The minimum atomic E-state index is -1.00. The van der Waals surface area contributed by atoms with Crippen molar-refractivity contribution in [2.24, 2.45) is 5.18 Å². The van der Waals surface area contributed by atoms with Gasteiger partial charge in [0.1, 0.15) is 5.69 Å². The highest BCUT2D eigenvalue weighted by atomic mass is 16.4. The number of carboxylic acid groups (broad SMARTS) is 1. The summed E-state index contributed by atoms with van der Waals surface area (Å²) in [5, 5.41) is 14.2. The number of benzene rings is 2. The molecule has 0 aliphatic carbocycles. The van der Waals surface area contributed by atoms with E-state index >= 15 is 0 Å². The molecule has 2 rings (SSSR count). The molecule has 0 unspecified atom stereocenters. The van der Waals surface area contributed by atoms with Crippen molar-refractivity contribution < 1.29 is 14.7 Å². The lowest BCUT2D eigenvalue weighted by Gasteiger charge is -2.06. The summed E-state index contributed by atoms with van der Waals surface area (Å²) in [7, 11) is 0. The molecule has 0 bridgehead atoms. The van der Waals surface area contributed by atoms with Crippen molar-refractivity contribution in [2.75, 3.05) is 0 Å². The molecule has 21 heavy (non-hydrogen) atoms. The second kappa shape index (κ2) is 6.42. The minimum absolute atomic E-state index is 0.0798. The van der Waals surface area contributed by atoms with Crippen molar-refractivity contribution in [1.29, 1.82) is 0 Å². The molecule has 0 aliphatic heterocycles. The maximum Gasteiger partial charge on any atom is 0.335 e. The van der Waals surface area contributed by atoms with Crippen molar-refractivity contribution in [3.8, 4) is 0 Å². The largest absolute Gasteiger partial charge is 0.478 e. The van der Waals surface area contributed by atoms with Crippen LogP contribution in [0.25, 0.3) is 0 Å². The molecule has 0 atom stereocenters. The third kappa shape index (κ3) is 3.50. The first kappa shape index (κ1) is 14.4. The molecule has 2 N–H and O–H groups in total. The standard InChI is InChI=1S/C15H12N2O4/c18-14(12-3-1-2-4-13(12)17-21)16-9-10-5-7-11(8-6-10)15(19)20/h1-8H,9H2,(H,16,18)(H,19,20). The molecule has 0 fully saturated rings. The van der Waals surface area contributed by atoms with Crippen LogP contribution in [0.5, 0.6) is 0 Å². The average Bonchev–Trinajstić information content (AvgIpc) is 2.52. The number of carbonyl (C=O) groups is 2. The molecular formula is C15H12N2O4. The summed E-state index contributed by atoms with van der Waals surface area (Å²) < 4.78 is 0. The number of carbonyl (C=O) groups excluding carboxylic acids is 1. The van der Waals surface area contributed by atoms with E-state index in [2.05, 4.69) is 10.5 Å². The van der Waals surface area contributed by atoms with Gasteiger partial charge in [-0.3, -0.25) is 4.79 Å². The summed E-state index contributed by atoms with van der Waals surface area (Å²) in [6, 6.07) is 12.4. The first-order valence-electron chi connectivity index (χ1n) is 6.14. The molecule has 0 saturated carbocycles. The van der Waals surface area contributed by atoms with Gasteiger partial charge in [-0.15, -0.1) is 4.91 Å². The average molecular weight is 284 g/mol. The Morgan fingerprint density at radius 3 is 2.33 bits per heavy atom. The van der Waals surface area contributed by atoms with E-state index in [-0.39, 0.29) is 23.4 Å². The molecule has 0 aromatic heterocycles. The van der Waals surface area contributed by atoms with E-state index in [0.717, 1.165) is 5.56 Å². The van der Waals surface area contributed by atoms with Gasteiger partial charge in [0, 0.05) is 6.54 Å². The van der Waals surface area contributed by atoms with Gasteiger partial charge in [0.15, 0.2) is 0 Å². The molecular weight excluding hydrogens is 272 g/mol. The first-order chi connectivity index (χ1) is 10.1. The zero-order valence-electron chi connectivity index (χ0n) is 10.9. The smallest absolute Gasteiger partial charge is 0.335 e. The summed E-state index contributed by atoms with van der Waals surface area (Å²) in [5.74, 6) is -1.41. The molecule has 2 aromatic rings. The number of nitroso groups, excluding NO2 is 1. The summed E-state index contributed by atoms with van der Waals surface area (Å²) in [4.78, 5) is 33.3. The molecule has 0 radical (unpaired) electrons. The molecule has 0 saturated heterocycles. The van der Waals surface area contributed by atoms with E-state index in [1.807, 2.05) is 0 Å². The fourth-order valence-corrected chi connectivity index (χ4v) is 1.79. The zero-order valence-corrected chi connectivity index (χ0v) is 10.9. The number of hydrogen-bond donors (Lipinski definition) is 2. The Kier molecular flexibility index (Phi) is 4.40. The Morgan fingerprint density at radius 1 is 1.05 bits per heavy atom. The molecule has 106 valence electrons. The molecule has 0 heterocycles. The van der Waals surface area contributed by atoms with Crippen molar-refractivity contribution in [3.05, 3.63) is 70.1 Å². The van der Waals surface area contributed by atoms with Crippen LogP contribution in [0.4, 0.5) is 5.69 Å². The van der Waals surface area contributed by atoms with E-state index in [1.165, 1.54) is 24.3 Å². The predicted octanol–water partition coefficient (Wildman–Crippen LogP) is 2.71. The molecule has 0 spiro atoms. The number of hydrogen-bond acceptors (Lipinski definition) is 4. The summed E-state index contributed by atoms with van der Waals surface area (Å²) in [6.45, 7) is 0.228. The lowest BCUT2D eigenvalue weighted by Crippen LogP contribution is -2.22. The zero-order chi connectivity index (χ0) is 15.2. The van der Waals surface area contributed by atoms with Crippen LogP contribution in [0.15, 0.2) is 53.7 Å². The van der Waals surface area contributed by atoms with Gasteiger partial charge in [0.25, 0.3) is 5.91 Å². The predicted molar refractivity (Wildman–Crippen MR) is 76.5 cm³/mol. The number of nitrogens with one attached hydrogen (secondary N) is 1. The van der Waals surface area contributed by atoms with Crippen molar-refractivity contribution in [2.45, 2.75) is 6.54 Å². The van der Waals surface area contributed by atoms with E-state index in [4.69, 9.17) is 5.11 Å². The van der Waals surface area contributed by atoms with Gasteiger partial charge in [0.05, 0.1) is 11.1 Å². The van der Waals surface area contributed by atoms with Crippen LogP contribution in [0.3, 0.4) is 0 Å². The van der Waals surface area contributed by atoms with E-state index in [0.29, 0.717) is 0 Å². The quantitative estimate of drug-likeness (QED) is 0.825. The first-order valence-corrected chi connectivity index (χ1v) is 6.14. The Hall–Kier alpha value is -3.02. The summed E-state index contributed by atoms with van der Waals surface area (Å²) in [5.41, 5.74) is 1.22. The fraction of sp³-hybridized carbons (Fsp3) is 0.0667. The van der Waals surface area contributed by atoms with Crippen LogP contribution in [0.1, 0.15) is 26.3 Å². The Labute approximate surface area is 120 Å². The molecule has 1 amide bonds. The third-order valence-corrected chi connectivity index (χ3v) is 2.90. The minimum Gasteiger partial charge on any atom is -0.478 e. The summed E-state index contributed by atoms with van der Waals surface area (Å²) in [6.07, 6.45) is 0. The Bertz CT molecular complexity index is 680. The molecule has 0 aliphatic rings. The van der Waals surface area contributed by atoms with Crippen molar-refractivity contribution in [1.82, 2.24) is 5.32 Å². The second-order valence-corrected chi connectivity index (χ2v) is 4.29. The van der Waals surface area contributed by atoms with Gasteiger partial charge in [0.2, 0.25) is 0 Å². The SMILES string of the molecule is O=Nc1ccccc1C(=O)NCc1ccc(C(=O)O)cc1. The number of amides is 1. The highest BCUT2D eigenvalue weighted by Gasteiger charge is 2.11. The van der Waals surface area contributed by atoms with E-state index in [1.54, 1.807) is 24.3 Å². The van der Waals surface area contributed by atoms with E-state index < -0.39 is 11.9 Å². The van der Waals surface area contributed by atoms with Gasteiger partial charge in [-0.2, -0.15) is 0 Å². The van der Waals surface area contributed by atoms with E-state index in [9.17, 15) is 14.5 Å². The second-order valence-electron chi connectivity index (χ2n) is 4.29. The van der Waals surface area contributed by atoms with Crippen LogP contribution in [0.2, 0.25) is 0 Å². The van der Waals surface area contributed by atoms with Crippen LogP contribution in [-0.2, 0) is 6.54 Å². The normalized spacial score (nSPS) is 9.90. The van der Waals surface area contributed by atoms with Crippen LogP contribution < -0.4 is 5.32 Å². The molecule has 2 aromatic carbocycles. The maximum absolute atomic E-state index is 12.0. The lowest BCUT2D eigenvalue weighted by atomic mass is 10.1. The van der Waals surface area contributed by atoms with Crippen LogP contribution in [-0.4, -0.2) is 17.0 Å². The highest BCUT2D eigenvalue weighted by Crippen LogP contribution is 2.17. The van der Waals surface area contributed by atoms with Gasteiger partial charge >= 0.3 is 5.97 Å². The summed E-state index contributed by atoms with van der Waals surface area (Å²) >= 11 is 0. The third-order valence-electron chi connectivity index (χ3n) is 2.90. The number of nitrogens with zero attached hydrogens (tertiary/aromatic N) is 1. The Balaban J connectivity index is 2.04. The van der Waals surface area contributed by atoms with Gasteiger partial charge in [-0.1, -0.05) is 24.3 Å². The van der Waals surface area contributed by atoms with Crippen LogP contribution >= 0.6 is 0 Å². The monoisotopic (exact) mass is 284 g/mol.